The van der Waals surface area contributed by atoms with E-state index in [1.807, 2.05) is 41.9 Å². The van der Waals surface area contributed by atoms with E-state index in [-0.39, 0.29) is 11.6 Å². The van der Waals surface area contributed by atoms with Gasteiger partial charge in [0.05, 0.1) is 19.2 Å². The highest BCUT2D eigenvalue weighted by Crippen LogP contribution is 2.29. The highest BCUT2D eigenvalue weighted by Gasteiger charge is 2.32. The third kappa shape index (κ3) is 4.76. The number of ether oxygens (including phenoxy) is 1. The second-order valence-electron chi connectivity index (χ2n) is 9.52. The van der Waals surface area contributed by atoms with E-state index < -0.39 is 0 Å². The minimum Gasteiger partial charge on any atom is -0.497 e. The Balaban J connectivity index is 1.59. The first-order valence-electron chi connectivity index (χ1n) is 12.5. The lowest BCUT2D eigenvalue weighted by atomic mass is 10.00. The van der Waals surface area contributed by atoms with Gasteiger partial charge in [-0.3, -0.25) is 9.69 Å². The average Bonchev–Trinajstić information content (AvgIpc) is 3.33. The molecule has 9 heteroatoms. The normalized spacial score (nSPS) is 15.9. The number of aromatic nitrogens is 5. The molecule has 1 aliphatic rings. The third-order valence-corrected chi connectivity index (χ3v) is 7.13. The second-order valence-corrected chi connectivity index (χ2v) is 9.52. The van der Waals surface area contributed by atoms with Crippen molar-refractivity contribution in [1.82, 2.24) is 35.0 Å². The molecule has 2 aromatic carbocycles. The molecule has 1 saturated heterocycles. The zero-order valence-electron chi connectivity index (χ0n) is 21.4. The van der Waals surface area contributed by atoms with Crippen molar-refractivity contribution in [3.8, 4) is 5.75 Å². The van der Waals surface area contributed by atoms with Crippen LogP contribution in [0.15, 0.2) is 47.3 Å². The van der Waals surface area contributed by atoms with Gasteiger partial charge in [0, 0.05) is 31.7 Å². The first kappa shape index (κ1) is 24.1. The molecule has 0 saturated carbocycles. The van der Waals surface area contributed by atoms with Crippen molar-refractivity contribution in [2.24, 2.45) is 0 Å². The summed E-state index contributed by atoms with van der Waals surface area (Å²) in [5.41, 5.74) is 4.72. The zero-order valence-corrected chi connectivity index (χ0v) is 21.4. The summed E-state index contributed by atoms with van der Waals surface area (Å²) in [6.45, 7) is 11.4. The monoisotopic (exact) mass is 487 g/mol. The molecule has 0 radical (unpaired) electrons. The SMILES string of the molecule is CCN1CCN(C(c2cc3cc(C)cc(C)c3[nH]c2=O)c2nnnn2Cc2ccc(OC)cc2)CC1. The van der Waals surface area contributed by atoms with Gasteiger partial charge < -0.3 is 14.6 Å². The number of nitrogens with one attached hydrogen (secondary N) is 1. The van der Waals surface area contributed by atoms with Crippen molar-refractivity contribution in [2.45, 2.75) is 33.4 Å². The maximum absolute atomic E-state index is 13.5. The Bertz CT molecular complexity index is 1400. The van der Waals surface area contributed by atoms with Crippen LogP contribution in [0.4, 0.5) is 0 Å². The maximum atomic E-state index is 13.5. The van der Waals surface area contributed by atoms with Gasteiger partial charge in [0.2, 0.25) is 0 Å². The Hall–Kier alpha value is -3.56. The lowest BCUT2D eigenvalue weighted by Crippen LogP contribution is -2.49. The number of fused-ring (bicyclic) bond motifs is 1. The number of rotatable bonds is 7. The lowest BCUT2D eigenvalue weighted by molar-refractivity contribution is 0.108. The van der Waals surface area contributed by atoms with Crippen molar-refractivity contribution in [2.75, 3.05) is 39.8 Å². The van der Waals surface area contributed by atoms with Gasteiger partial charge in [-0.15, -0.1) is 5.10 Å². The average molecular weight is 488 g/mol. The number of hydrogen-bond donors (Lipinski definition) is 1. The van der Waals surface area contributed by atoms with Crippen LogP contribution in [0.25, 0.3) is 10.9 Å². The molecule has 9 nitrogen and oxygen atoms in total. The molecule has 1 unspecified atom stereocenters. The second kappa shape index (κ2) is 10.2. The van der Waals surface area contributed by atoms with Crippen LogP contribution >= 0.6 is 0 Å². The van der Waals surface area contributed by atoms with Gasteiger partial charge in [-0.2, -0.15) is 0 Å². The predicted molar refractivity (Wildman–Crippen MR) is 139 cm³/mol. The Kier molecular flexibility index (Phi) is 6.84. The van der Waals surface area contributed by atoms with E-state index in [1.54, 1.807) is 7.11 Å². The minimum atomic E-state index is -0.355. The Labute approximate surface area is 210 Å². The predicted octanol–water partition coefficient (Wildman–Crippen LogP) is 2.92. The molecular formula is C27H33N7O2. The fourth-order valence-electron chi connectivity index (χ4n) is 5.17. The summed E-state index contributed by atoms with van der Waals surface area (Å²) in [5.74, 6) is 1.47. The Morgan fingerprint density at radius 1 is 1.06 bits per heavy atom. The molecular weight excluding hydrogens is 454 g/mol. The van der Waals surface area contributed by atoms with Gasteiger partial charge >= 0.3 is 0 Å². The van der Waals surface area contributed by atoms with Crippen LogP contribution in [-0.4, -0.2) is 74.8 Å². The number of benzene rings is 2. The van der Waals surface area contributed by atoms with Crippen LogP contribution in [-0.2, 0) is 6.54 Å². The highest BCUT2D eigenvalue weighted by atomic mass is 16.5. The van der Waals surface area contributed by atoms with Gasteiger partial charge in [-0.05, 0) is 71.6 Å². The number of aromatic amines is 1. The Morgan fingerprint density at radius 2 is 1.81 bits per heavy atom. The number of likely N-dealkylation sites (N-methyl/N-ethyl adjacent to an activating group) is 1. The lowest BCUT2D eigenvalue weighted by Gasteiger charge is -2.38. The summed E-state index contributed by atoms with van der Waals surface area (Å²) < 4.78 is 7.10. The molecule has 0 spiro atoms. The summed E-state index contributed by atoms with van der Waals surface area (Å²) in [6, 6.07) is 13.8. The number of piperazine rings is 1. The first-order chi connectivity index (χ1) is 17.5. The summed E-state index contributed by atoms with van der Waals surface area (Å²) >= 11 is 0. The summed E-state index contributed by atoms with van der Waals surface area (Å²) in [7, 11) is 1.65. The topological polar surface area (TPSA) is 92.2 Å². The fourth-order valence-corrected chi connectivity index (χ4v) is 5.17. The first-order valence-corrected chi connectivity index (χ1v) is 12.5. The number of nitrogens with zero attached hydrogens (tertiary/aromatic N) is 6. The minimum absolute atomic E-state index is 0.101. The smallest absolute Gasteiger partial charge is 0.253 e. The highest BCUT2D eigenvalue weighted by molar-refractivity contribution is 5.83. The van der Waals surface area contributed by atoms with Gasteiger partial charge in [0.25, 0.3) is 5.56 Å². The molecule has 188 valence electrons. The molecule has 2 aromatic heterocycles. The molecule has 3 heterocycles. The summed E-state index contributed by atoms with van der Waals surface area (Å²) in [5, 5.41) is 13.8. The van der Waals surface area contributed by atoms with Crippen LogP contribution in [0.2, 0.25) is 0 Å². The summed E-state index contributed by atoms with van der Waals surface area (Å²) in [6.07, 6.45) is 0. The van der Waals surface area contributed by atoms with E-state index in [0.717, 1.165) is 66.1 Å². The van der Waals surface area contributed by atoms with Crippen LogP contribution in [0.5, 0.6) is 5.75 Å². The number of tetrazole rings is 1. The van der Waals surface area contributed by atoms with Crippen molar-refractivity contribution in [3.63, 3.8) is 0 Å². The number of pyridine rings is 1. The molecule has 1 fully saturated rings. The zero-order chi connectivity index (χ0) is 25.2. The van der Waals surface area contributed by atoms with E-state index >= 15 is 0 Å². The molecule has 0 bridgehead atoms. The van der Waals surface area contributed by atoms with Crippen LogP contribution < -0.4 is 10.3 Å². The molecule has 1 N–H and O–H groups in total. The number of methoxy groups -OCH3 is 1. The van der Waals surface area contributed by atoms with E-state index in [9.17, 15) is 4.79 Å². The largest absolute Gasteiger partial charge is 0.497 e. The van der Waals surface area contributed by atoms with Crippen molar-refractivity contribution in [1.29, 1.82) is 0 Å². The van der Waals surface area contributed by atoms with E-state index in [0.29, 0.717) is 17.9 Å². The standard InChI is InChI=1S/C27H33N7O2/c1-5-32-10-12-33(13-11-32)25(23-16-21-15-18(2)14-19(3)24(21)28-27(23)35)26-29-30-31-34(26)17-20-6-8-22(36-4)9-7-20/h6-9,14-16,25H,5,10-13,17H2,1-4H3,(H,28,35). The van der Waals surface area contributed by atoms with Crippen LogP contribution in [0.3, 0.4) is 0 Å². The van der Waals surface area contributed by atoms with Gasteiger partial charge in [-0.25, -0.2) is 4.68 Å². The van der Waals surface area contributed by atoms with Gasteiger partial charge in [0.15, 0.2) is 5.82 Å². The summed E-state index contributed by atoms with van der Waals surface area (Å²) in [4.78, 5) is 21.4. The van der Waals surface area contributed by atoms with Crippen molar-refractivity contribution >= 4 is 10.9 Å². The molecule has 5 rings (SSSR count). The number of aryl methyl sites for hydroxylation is 2. The molecule has 1 aliphatic heterocycles. The molecule has 36 heavy (non-hydrogen) atoms. The third-order valence-electron chi connectivity index (χ3n) is 7.13. The molecule has 0 aliphatic carbocycles. The van der Waals surface area contributed by atoms with E-state index in [1.165, 1.54) is 0 Å². The molecule has 4 aromatic rings. The quantitative estimate of drug-likeness (QED) is 0.429. The van der Waals surface area contributed by atoms with Crippen molar-refractivity contribution in [3.05, 3.63) is 80.9 Å². The maximum Gasteiger partial charge on any atom is 0.253 e. The number of H-pyrrole nitrogens is 1. The van der Waals surface area contributed by atoms with Crippen LogP contribution in [0, 0.1) is 13.8 Å². The van der Waals surface area contributed by atoms with Crippen LogP contribution in [0.1, 0.15) is 41.0 Å². The number of hydrogen-bond acceptors (Lipinski definition) is 7. The van der Waals surface area contributed by atoms with Crippen molar-refractivity contribution < 1.29 is 4.74 Å². The van der Waals surface area contributed by atoms with Gasteiger partial charge in [0.1, 0.15) is 11.8 Å². The van der Waals surface area contributed by atoms with E-state index in [2.05, 4.69) is 56.3 Å². The van der Waals surface area contributed by atoms with Gasteiger partial charge in [-0.1, -0.05) is 30.7 Å². The fraction of sp³-hybridized carbons (Fsp3) is 0.407. The Morgan fingerprint density at radius 3 is 2.50 bits per heavy atom. The van der Waals surface area contributed by atoms with E-state index in [4.69, 9.17) is 4.74 Å². The molecule has 0 amide bonds. The molecule has 1 atom stereocenters.